The summed E-state index contributed by atoms with van der Waals surface area (Å²) < 4.78 is 9.05. The van der Waals surface area contributed by atoms with Crippen molar-refractivity contribution in [2.75, 3.05) is 20.8 Å². The molecular formula is C9H17NO4. The summed E-state index contributed by atoms with van der Waals surface area (Å²) in [7, 11) is 2.65. The summed E-state index contributed by atoms with van der Waals surface area (Å²) in [4.78, 5) is 22.0. The second-order valence-corrected chi connectivity index (χ2v) is 2.75. The van der Waals surface area contributed by atoms with Crippen LogP contribution in [0.2, 0.25) is 0 Å². The van der Waals surface area contributed by atoms with Crippen molar-refractivity contribution in [1.29, 1.82) is 0 Å². The largest absolute Gasteiger partial charge is 0.469 e. The van der Waals surface area contributed by atoms with Gasteiger partial charge in [-0.15, -0.1) is 0 Å². The third-order valence-electron chi connectivity index (χ3n) is 1.80. The molecule has 1 atom stereocenters. The molecular weight excluding hydrogens is 186 g/mol. The molecule has 0 aromatic carbocycles. The molecule has 0 fully saturated rings. The van der Waals surface area contributed by atoms with Gasteiger partial charge in [-0.3, -0.25) is 9.59 Å². The van der Waals surface area contributed by atoms with Crippen LogP contribution in [0.1, 0.15) is 19.8 Å². The molecule has 14 heavy (non-hydrogen) atoms. The molecule has 0 bridgehead atoms. The molecule has 0 aliphatic carbocycles. The lowest BCUT2D eigenvalue weighted by molar-refractivity contribution is -0.144. The lowest BCUT2D eigenvalue weighted by Gasteiger charge is -2.14. The number of hydrogen-bond donors (Lipinski definition) is 1. The maximum Gasteiger partial charge on any atom is 0.322 e. The van der Waals surface area contributed by atoms with Gasteiger partial charge in [0, 0.05) is 6.42 Å². The van der Waals surface area contributed by atoms with Crippen molar-refractivity contribution in [2.45, 2.75) is 25.8 Å². The van der Waals surface area contributed by atoms with Crippen LogP contribution in [-0.2, 0) is 19.1 Å². The van der Waals surface area contributed by atoms with Gasteiger partial charge in [0.15, 0.2) is 0 Å². The number of esters is 2. The van der Waals surface area contributed by atoms with Crippen LogP contribution in [0.15, 0.2) is 0 Å². The first-order valence-corrected chi connectivity index (χ1v) is 4.53. The zero-order valence-electron chi connectivity index (χ0n) is 8.83. The molecule has 0 aromatic rings. The molecule has 5 nitrogen and oxygen atoms in total. The smallest absolute Gasteiger partial charge is 0.322 e. The Balaban J connectivity index is 3.96. The molecule has 0 aromatic heterocycles. The molecule has 0 saturated heterocycles. The highest BCUT2D eigenvalue weighted by Crippen LogP contribution is 2.00. The van der Waals surface area contributed by atoms with Gasteiger partial charge >= 0.3 is 11.9 Å². The summed E-state index contributed by atoms with van der Waals surface area (Å²) in [6.07, 6.45) is 0.608. The lowest BCUT2D eigenvalue weighted by Crippen LogP contribution is -2.37. The van der Waals surface area contributed by atoms with Crippen molar-refractivity contribution in [3.63, 3.8) is 0 Å². The van der Waals surface area contributed by atoms with Gasteiger partial charge in [0.05, 0.1) is 14.2 Å². The Hall–Kier alpha value is -1.10. The van der Waals surface area contributed by atoms with Crippen LogP contribution in [-0.4, -0.2) is 38.7 Å². The highest BCUT2D eigenvalue weighted by atomic mass is 16.5. The van der Waals surface area contributed by atoms with E-state index in [1.165, 1.54) is 14.2 Å². The van der Waals surface area contributed by atoms with Crippen molar-refractivity contribution >= 4 is 11.9 Å². The number of rotatable bonds is 6. The maximum absolute atomic E-state index is 11.2. The summed E-state index contributed by atoms with van der Waals surface area (Å²) in [6, 6.07) is -0.427. The molecule has 0 heterocycles. The fraction of sp³-hybridized carbons (Fsp3) is 0.778. The standard InChI is InChI=1S/C9H17NO4/c1-4-10-7(9(12)14-3)5-6-8(11)13-2/h7,10H,4-6H2,1-3H3/t7-/m1/s1. The molecule has 5 heteroatoms. The van der Waals surface area contributed by atoms with E-state index in [1.807, 2.05) is 6.92 Å². The van der Waals surface area contributed by atoms with E-state index in [1.54, 1.807) is 0 Å². The number of ether oxygens (including phenoxy) is 2. The Morgan fingerprint density at radius 3 is 2.36 bits per heavy atom. The van der Waals surface area contributed by atoms with E-state index in [0.717, 1.165) is 0 Å². The fourth-order valence-electron chi connectivity index (χ4n) is 1.06. The lowest BCUT2D eigenvalue weighted by atomic mass is 10.1. The highest BCUT2D eigenvalue weighted by molar-refractivity contribution is 5.77. The van der Waals surface area contributed by atoms with Crippen molar-refractivity contribution in [3.8, 4) is 0 Å². The van der Waals surface area contributed by atoms with Crippen molar-refractivity contribution < 1.29 is 19.1 Å². The minimum absolute atomic E-state index is 0.212. The van der Waals surface area contributed by atoms with Gasteiger partial charge in [0.1, 0.15) is 6.04 Å². The summed E-state index contributed by atoms with van der Waals surface area (Å²) in [5.41, 5.74) is 0. The van der Waals surface area contributed by atoms with Gasteiger partial charge in [-0.25, -0.2) is 0 Å². The van der Waals surface area contributed by atoms with Gasteiger partial charge in [-0.05, 0) is 13.0 Å². The van der Waals surface area contributed by atoms with Crippen LogP contribution in [0.4, 0.5) is 0 Å². The number of methoxy groups -OCH3 is 2. The first kappa shape index (κ1) is 12.9. The Labute approximate surface area is 83.8 Å². The summed E-state index contributed by atoms with van der Waals surface area (Å²) in [5.74, 6) is -0.674. The Bertz CT molecular complexity index is 193. The van der Waals surface area contributed by atoms with E-state index in [4.69, 9.17) is 0 Å². The van der Waals surface area contributed by atoms with E-state index >= 15 is 0 Å². The fourth-order valence-corrected chi connectivity index (χ4v) is 1.06. The quantitative estimate of drug-likeness (QED) is 0.620. The average molecular weight is 203 g/mol. The zero-order chi connectivity index (χ0) is 11.0. The van der Waals surface area contributed by atoms with Gasteiger partial charge in [0.25, 0.3) is 0 Å². The predicted molar refractivity (Wildman–Crippen MR) is 50.7 cm³/mol. The highest BCUT2D eigenvalue weighted by Gasteiger charge is 2.18. The summed E-state index contributed by atoms with van der Waals surface area (Å²) in [5, 5.41) is 2.93. The van der Waals surface area contributed by atoms with E-state index < -0.39 is 6.04 Å². The monoisotopic (exact) mass is 203 g/mol. The Kier molecular flexibility index (Phi) is 6.74. The van der Waals surface area contributed by atoms with E-state index in [-0.39, 0.29) is 18.4 Å². The molecule has 0 rings (SSSR count). The van der Waals surface area contributed by atoms with Crippen LogP contribution in [0, 0.1) is 0 Å². The number of likely N-dealkylation sites (N-methyl/N-ethyl adjacent to an activating group) is 1. The van der Waals surface area contributed by atoms with E-state index in [2.05, 4.69) is 14.8 Å². The van der Waals surface area contributed by atoms with Gasteiger partial charge in [-0.1, -0.05) is 6.92 Å². The van der Waals surface area contributed by atoms with Crippen LogP contribution >= 0.6 is 0 Å². The molecule has 0 amide bonds. The molecule has 0 radical (unpaired) electrons. The minimum Gasteiger partial charge on any atom is -0.469 e. The number of carbonyl (C=O) groups is 2. The topological polar surface area (TPSA) is 64.6 Å². The Morgan fingerprint density at radius 1 is 1.29 bits per heavy atom. The summed E-state index contributed by atoms with van der Waals surface area (Å²) >= 11 is 0. The average Bonchev–Trinajstić information content (AvgIpc) is 2.22. The van der Waals surface area contributed by atoms with Crippen molar-refractivity contribution in [1.82, 2.24) is 5.32 Å². The molecule has 0 saturated carbocycles. The van der Waals surface area contributed by atoms with Crippen molar-refractivity contribution in [2.24, 2.45) is 0 Å². The second kappa shape index (κ2) is 7.32. The first-order chi connectivity index (χ1) is 6.65. The third kappa shape index (κ3) is 4.81. The Morgan fingerprint density at radius 2 is 1.93 bits per heavy atom. The zero-order valence-corrected chi connectivity index (χ0v) is 8.83. The number of hydrogen-bond acceptors (Lipinski definition) is 5. The molecule has 82 valence electrons. The molecule has 0 aliphatic heterocycles. The normalized spacial score (nSPS) is 11.9. The minimum atomic E-state index is -0.427. The predicted octanol–water partition coefficient (Wildman–Crippen LogP) is 0.0907. The molecule has 1 N–H and O–H groups in total. The van der Waals surface area contributed by atoms with E-state index in [9.17, 15) is 9.59 Å². The maximum atomic E-state index is 11.2. The van der Waals surface area contributed by atoms with Crippen molar-refractivity contribution in [3.05, 3.63) is 0 Å². The molecule has 0 spiro atoms. The second-order valence-electron chi connectivity index (χ2n) is 2.75. The summed E-state index contributed by atoms with van der Waals surface area (Å²) in [6.45, 7) is 2.54. The van der Waals surface area contributed by atoms with Crippen LogP contribution in [0.25, 0.3) is 0 Å². The van der Waals surface area contributed by atoms with Crippen LogP contribution in [0.3, 0.4) is 0 Å². The van der Waals surface area contributed by atoms with Gasteiger partial charge in [-0.2, -0.15) is 0 Å². The van der Waals surface area contributed by atoms with Gasteiger partial charge in [0.2, 0.25) is 0 Å². The number of carbonyl (C=O) groups excluding carboxylic acids is 2. The number of nitrogens with one attached hydrogen (secondary N) is 1. The molecule has 0 aliphatic rings. The SMILES string of the molecule is CCN[C@H](CCC(=O)OC)C(=O)OC. The van der Waals surface area contributed by atoms with Crippen LogP contribution in [0.5, 0.6) is 0 Å². The van der Waals surface area contributed by atoms with E-state index in [0.29, 0.717) is 13.0 Å². The van der Waals surface area contributed by atoms with Gasteiger partial charge < -0.3 is 14.8 Å². The van der Waals surface area contributed by atoms with Crippen LogP contribution < -0.4 is 5.32 Å². The molecule has 0 unspecified atom stereocenters. The third-order valence-corrected chi connectivity index (χ3v) is 1.80. The first-order valence-electron chi connectivity index (χ1n) is 4.53.